The highest BCUT2D eigenvalue weighted by Gasteiger charge is 2.48. The van der Waals surface area contributed by atoms with E-state index < -0.39 is 10.8 Å². The van der Waals surface area contributed by atoms with Crippen molar-refractivity contribution in [1.29, 1.82) is 0 Å². The van der Waals surface area contributed by atoms with Crippen molar-refractivity contribution in [3.05, 3.63) is 342 Å². The van der Waals surface area contributed by atoms with E-state index in [0.717, 1.165) is 17.1 Å². The van der Waals surface area contributed by atoms with Crippen LogP contribution in [0.1, 0.15) is 44.5 Å². The molecule has 342 valence electrons. The van der Waals surface area contributed by atoms with Crippen molar-refractivity contribution < 1.29 is 0 Å². The van der Waals surface area contributed by atoms with Gasteiger partial charge < -0.3 is 4.90 Å². The lowest BCUT2D eigenvalue weighted by atomic mass is 9.67. The predicted molar refractivity (Wildman–Crippen MR) is 304 cm³/mol. The van der Waals surface area contributed by atoms with Crippen LogP contribution < -0.4 is 4.90 Å². The molecule has 73 heavy (non-hydrogen) atoms. The Bertz CT molecular complexity index is 3910. The quantitative estimate of drug-likeness (QED) is 0.139. The van der Waals surface area contributed by atoms with Crippen LogP contribution in [-0.4, -0.2) is 0 Å². The van der Waals surface area contributed by atoms with Gasteiger partial charge in [0.15, 0.2) is 0 Å². The van der Waals surface area contributed by atoms with Gasteiger partial charge in [-0.25, -0.2) is 0 Å². The Labute approximate surface area is 427 Å². The molecule has 2 aliphatic carbocycles. The van der Waals surface area contributed by atoms with Crippen molar-refractivity contribution in [2.24, 2.45) is 0 Å². The maximum absolute atomic E-state index is 2.48. The summed E-state index contributed by atoms with van der Waals surface area (Å²) in [6.45, 7) is 0. The molecule has 0 atom stereocenters. The Kier molecular flexibility index (Phi) is 10.0. The number of nitrogens with zero attached hydrogens (tertiary/aromatic N) is 1. The summed E-state index contributed by atoms with van der Waals surface area (Å²) < 4.78 is 0. The molecule has 0 aliphatic heterocycles. The largest absolute Gasteiger partial charge is 0.310 e. The van der Waals surface area contributed by atoms with Crippen LogP contribution in [0.2, 0.25) is 0 Å². The molecule has 0 unspecified atom stereocenters. The fraction of sp³-hybridized carbons (Fsp3) is 0.0278. The van der Waals surface area contributed by atoms with Gasteiger partial charge in [-0.1, -0.05) is 261 Å². The van der Waals surface area contributed by atoms with Gasteiger partial charge in [-0.15, -0.1) is 0 Å². The summed E-state index contributed by atoms with van der Waals surface area (Å²) in [5.41, 5.74) is 22.3. The maximum atomic E-state index is 2.48. The van der Waals surface area contributed by atoms with Crippen molar-refractivity contribution in [3.8, 4) is 44.5 Å². The highest BCUT2D eigenvalue weighted by molar-refractivity contribution is 5.99. The second kappa shape index (κ2) is 17.2. The molecule has 0 heterocycles. The van der Waals surface area contributed by atoms with E-state index in [9.17, 15) is 0 Å². The minimum Gasteiger partial charge on any atom is -0.310 e. The standard InChI is InChI=1S/C72H49N/c1-5-23-54(24-6-1)71(55-25-7-2-8-26-55)66-36-18-16-33-64(66)70-67(71)37-20-38-69(70)73(59-46-41-52(42-47-59)61-34-19-22-51-21-13-14-31-60(51)61)58-44-39-50(40-45-58)53-43-48-63-62-32-15-17-35-65(62)72(68(63)49-53,56-27-9-3-10-28-56)57-29-11-4-12-30-57/h1-49H. The fourth-order valence-corrected chi connectivity index (χ4v) is 12.8. The van der Waals surface area contributed by atoms with Gasteiger partial charge in [0.1, 0.15) is 0 Å². The molecule has 0 saturated heterocycles. The normalized spacial score (nSPS) is 13.4. The molecule has 1 nitrogen and oxygen atoms in total. The monoisotopic (exact) mass is 927 g/mol. The number of hydrogen-bond donors (Lipinski definition) is 0. The van der Waals surface area contributed by atoms with Crippen LogP contribution in [0.15, 0.2) is 297 Å². The summed E-state index contributed by atoms with van der Waals surface area (Å²) in [7, 11) is 0. The number of hydrogen-bond acceptors (Lipinski definition) is 1. The van der Waals surface area contributed by atoms with E-state index in [1.54, 1.807) is 0 Å². The third-order valence-corrected chi connectivity index (χ3v) is 15.8. The smallest absolute Gasteiger partial charge is 0.0714 e. The van der Waals surface area contributed by atoms with Gasteiger partial charge in [-0.05, 0) is 131 Å². The van der Waals surface area contributed by atoms with Gasteiger partial charge in [0.25, 0.3) is 0 Å². The third kappa shape index (κ3) is 6.49. The van der Waals surface area contributed by atoms with E-state index in [1.165, 1.54) is 99.8 Å². The number of fused-ring (bicyclic) bond motifs is 7. The van der Waals surface area contributed by atoms with E-state index in [0.29, 0.717) is 0 Å². The zero-order chi connectivity index (χ0) is 48.3. The summed E-state index contributed by atoms with van der Waals surface area (Å²) in [4.78, 5) is 2.48. The molecule has 0 spiro atoms. The van der Waals surface area contributed by atoms with Crippen molar-refractivity contribution in [2.75, 3.05) is 4.90 Å². The summed E-state index contributed by atoms with van der Waals surface area (Å²) in [5.74, 6) is 0. The van der Waals surface area contributed by atoms with Crippen LogP contribution in [0.4, 0.5) is 17.1 Å². The summed E-state index contributed by atoms with van der Waals surface area (Å²) in [5, 5.41) is 2.49. The lowest BCUT2D eigenvalue weighted by Gasteiger charge is -2.34. The Morgan fingerprint density at radius 2 is 0.658 bits per heavy atom. The lowest BCUT2D eigenvalue weighted by Crippen LogP contribution is -2.28. The number of benzene rings is 12. The molecule has 0 bridgehead atoms. The van der Waals surface area contributed by atoms with Crippen LogP contribution in [0.5, 0.6) is 0 Å². The van der Waals surface area contributed by atoms with E-state index in [1.807, 2.05) is 0 Å². The SMILES string of the molecule is c1ccc(C2(c3ccccc3)c3ccccc3-c3ccc(-c4ccc(N(c5ccc(-c6cccc7ccccc67)cc5)c5cccc6c5-c5ccccc5C6(c5ccccc5)c5ccccc5)cc4)cc32)cc1. The first-order valence-corrected chi connectivity index (χ1v) is 25.4. The maximum Gasteiger partial charge on any atom is 0.0714 e. The molecular formula is C72H49N. The Hall–Kier alpha value is -9.30. The lowest BCUT2D eigenvalue weighted by molar-refractivity contribution is 0.768. The number of rotatable bonds is 9. The molecule has 12 aromatic rings. The van der Waals surface area contributed by atoms with E-state index in [4.69, 9.17) is 0 Å². The van der Waals surface area contributed by atoms with Gasteiger partial charge >= 0.3 is 0 Å². The summed E-state index contributed by atoms with van der Waals surface area (Å²) in [6, 6.07) is 110. The molecule has 0 fully saturated rings. The minimum atomic E-state index is -0.528. The Balaban J connectivity index is 0.953. The zero-order valence-corrected chi connectivity index (χ0v) is 40.2. The van der Waals surface area contributed by atoms with Gasteiger partial charge in [0.2, 0.25) is 0 Å². The van der Waals surface area contributed by atoms with Gasteiger partial charge in [-0.3, -0.25) is 0 Å². The molecule has 0 saturated carbocycles. The minimum absolute atomic E-state index is 0.474. The first-order valence-electron chi connectivity index (χ1n) is 25.4. The van der Waals surface area contributed by atoms with E-state index >= 15 is 0 Å². The second-order valence-corrected chi connectivity index (χ2v) is 19.5. The zero-order valence-electron chi connectivity index (χ0n) is 40.2. The number of anilines is 3. The van der Waals surface area contributed by atoms with E-state index in [2.05, 4.69) is 302 Å². The molecule has 2 aliphatic rings. The first-order chi connectivity index (χ1) is 36.2. The molecule has 0 amide bonds. The average Bonchev–Trinajstić information content (AvgIpc) is 3.95. The highest BCUT2D eigenvalue weighted by atomic mass is 15.1. The van der Waals surface area contributed by atoms with Crippen molar-refractivity contribution >= 4 is 27.8 Å². The highest BCUT2D eigenvalue weighted by Crippen LogP contribution is 2.60. The van der Waals surface area contributed by atoms with E-state index in [-0.39, 0.29) is 0 Å². The summed E-state index contributed by atoms with van der Waals surface area (Å²) >= 11 is 0. The van der Waals surface area contributed by atoms with Crippen LogP contribution >= 0.6 is 0 Å². The molecule has 14 rings (SSSR count). The van der Waals surface area contributed by atoms with Crippen LogP contribution in [0.3, 0.4) is 0 Å². The van der Waals surface area contributed by atoms with Crippen LogP contribution in [0, 0.1) is 0 Å². The second-order valence-electron chi connectivity index (χ2n) is 19.5. The van der Waals surface area contributed by atoms with Crippen molar-refractivity contribution in [3.63, 3.8) is 0 Å². The first kappa shape index (κ1) is 42.6. The van der Waals surface area contributed by atoms with Crippen molar-refractivity contribution in [1.82, 2.24) is 0 Å². The third-order valence-electron chi connectivity index (χ3n) is 15.8. The molecule has 1 heteroatoms. The molecule has 0 aromatic heterocycles. The van der Waals surface area contributed by atoms with Crippen LogP contribution in [0.25, 0.3) is 55.3 Å². The average molecular weight is 928 g/mol. The predicted octanol–water partition coefficient (Wildman–Crippen LogP) is 18.4. The van der Waals surface area contributed by atoms with Gasteiger partial charge in [0.05, 0.1) is 16.5 Å². The Morgan fingerprint density at radius 1 is 0.247 bits per heavy atom. The molecule has 0 radical (unpaired) electrons. The van der Waals surface area contributed by atoms with Gasteiger partial charge in [-0.2, -0.15) is 0 Å². The van der Waals surface area contributed by atoms with Gasteiger partial charge in [0, 0.05) is 16.9 Å². The van der Waals surface area contributed by atoms with Crippen LogP contribution in [-0.2, 0) is 10.8 Å². The molecular weight excluding hydrogens is 879 g/mol. The molecule has 0 N–H and O–H groups in total. The Morgan fingerprint density at radius 3 is 1.26 bits per heavy atom. The molecule has 12 aromatic carbocycles. The fourth-order valence-electron chi connectivity index (χ4n) is 12.8. The topological polar surface area (TPSA) is 3.24 Å². The van der Waals surface area contributed by atoms with Crippen molar-refractivity contribution in [2.45, 2.75) is 10.8 Å². The summed E-state index contributed by atoms with van der Waals surface area (Å²) in [6.07, 6.45) is 0.